The van der Waals surface area contributed by atoms with E-state index in [1.165, 1.54) is 12.1 Å². The molecule has 18 heavy (non-hydrogen) atoms. The molecule has 1 amide bonds. The molecule has 1 rings (SSSR count). The van der Waals surface area contributed by atoms with E-state index in [4.69, 9.17) is 5.73 Å². The van der Waals surface area contributed by atoms with Crippen LogP contribution < -0.4 is 10.6 Å². The molecule has 0 saturated heterocycles. The molecule has 1 aromatic carbocycles. The van der Waals surface area contributed by atoms with Crippen molar-refractivity contribution in [2.45, 2.75) is 32.9 Å². The average Bonchev–Trinajstić information content (AvgIpc) is 2.25. The zero-order chi connectivity index (χ0) is 13.9. The Morgan fingerprint density at radius 1 is 1.44 bits per heavy atom. The van der Waals surface area contributed by atoms with Crippen molar-refractivity contribution in [3.8, 4) is 0 Å². The Kier molecular flexibility index (Phi) is 4.67. The lowest BCUT2D eigenvalue weighted by Crippen LogP contribution is -2.39. The summed E-state index contributed by atoms with van der Waals surface area (Å²) < 4.78 is 13.2. The molecule has 0 aliphatic rings. The number of nitrogens with zero attached hydrogens (tertiary/aromatic N) is 1. The monoisotopic (exact) mass is 254 g/mol. The van der Waals surface area contributed by atoms with Crippen molar-refractivity contribution in [1.82, 2.24) is 0 Å². The number of primary amides is 1. The van der Waals surface area contributed by atoms with Crippen LogP contribution in [0.1, 0.15) is 32.4 Å². The summed E-state index contributed by atoms with van der Waals surface area (Å²) >= 11 is 0. The molecular formula is C13H19FN2O2. The standard InChI is InChI=1S/C13H19FN2O2/c1-8(2)16(7-13(15)18)12-5-4-10(14)6-11(12)9(3)17/h4-6,8-9,17H,7H2,1-3H3,(H2,15,18)/t9-/m1/s1. The number of aliphatic hydroxyl groups is 1. The Morgan fingerprint density at radius 2 is 2.06 bits per heavy atom. The normalized spacial score (nSPS) is 12.6. The number of hydrogen-bond acceptors (Lipinski definition) is 3. The molecule has 0 heterocycles. The van der Waals surface area contributed by atoms with Crippen molar-refractivity contribution in [2.75, 3.05) is 11.4 Å². The van der Waals surface area contributed by atoms with Gasteiger partial charge in [0.1, 0.15) is 5.82 Å². The summed E-state index contributed by atoms with van der Waals surface area (Å²) in [5, 5.41) is 9.68. The summed E-state index contributed by atoms with van der Waals surface area (Å²) in [6.07, 6.45) is -0.815. The summed E-state index contributed by atoms with van der Waals surface area (Å²) in [6.45, 7) is 5.39. The summed E-state index contributed by atoms with van der Waals surface area (Å²) in [6, 6.07) is 4.15. The van der Waals surface area contributed by atoms with Crippen molar-refractivity contribution in [3.05, 3.63) is 29.6 Å². The predicted molar refractivity (Wildman–Crippen MR) is 68.7 cm³/mol. The third-order valence-electron chi connectivity index (χ3n) is 2.70. The van der Waals surface area contributed by atoms with Gasteiger partial charge >= 0.3 is 0 Å². The summed E-state index contributed by atoms with van der Waals surface area (Å²) in [7, 11) is 0. The molecule has 0 unspecified atom stereocenters. The Hall–Kier alpha value is -1.62. The van der Waals surface area contributed by atoms with Crippen LogP contribution in [-0.4, -0.2) is 23.6 Å². The first-order chi connectivity index (χ1) is 8.32. The predicted octanol–water partition coefficient (Wildman–Crippen LogP) is 1.58. The lowest BCUT2D eigenvalue weighted by atomic mass is 10.1. The second-order valence-corrected chi connectivity index (χ2v) is 4.57. The first kappa shape index (κ1) is 14.4. The molecule has 0 radical (unpaired) electrons. The van der Waals surface area contributed by atoms with Crippen molar-refractivity contribution in [1.29, 1.82) is 0 Å². The molecule has 0 aromatic heterocycles. The Bertz CT molecular complexity index is 433. The van der Waals surface area contributed by atoms with Crippen molar-refractivity contribution in [2.24, 2.45) is 5.73 Å². The molecule has 100 valence electrons. The minimum atomic E-state index is -0.815. The number of anilines is 1. The average molecular weight is 254 g/mol. The van der Waals surface area contributed by atoms with E-state index in [9.17, 15) is 14.3 Å². The zero-order valence-electron chi connectivity index (χ0n) is 10.9. The van der Waals surface area contributed by atoms with Gasteiger partial charge in [-0.2, -0.15) is 0 Å². The Labute approximate surface area is 106 Å². The molecule has 1 atom stereocenters. The van der Waals surface area contributed by atoms with Gasteiger partial charge in [-0.05, 0) is 39.0 Å². The lowest BCUT2D eigenvalue weighted by molar-refractivity contribution is -0.116. The van der Waals surface area contributed by atoms with Crippen LogP contribution in [0.3, 0.4) is 0 Å². The fourth-order valence-corrected chi connectivity index (χ4v) is 1.84. The quantitative estimate of drug-likeness (QED) is 0.838. The highest BCUT2D eigenvalue weighted by atomic mass is 19.1. The maximum absolute atomic E-state index is 13.2. The second kappa shape index (κ2) is 5.82. The van der Waals surface area contributed by atoms with E-state index < -0.39 is 17.8 Å². The van der Waals surface area contributed by atoms with E-state index in [1.54, 1.807) is 17.9 Å². The van der Waals surface area contributed by atoms with E-state index in [0.29, 0.717) is 11.3 Å². The van der Waals surface area contributed by atoms with Crippen LogP contribution in [0.15, 0.2) is 18.2 Å². The number of amides is 1. The van der Waals surface area contributed by atoms with Crippen LogP contribution in [-0.2, 0) is 4.79 Å². The molecule has 0 bridgehead atoms. The van der Waals surface area contributed by atoms with Gasteiger partial charge in [0.05, 0.1) is 12.6 Å². The van der Waals surface area contributed by atoms with Gasteiger partial charge in [0.2, 0.25) is 5.91 Å². The van der Waals surface area contributed by atoms with Crippen molar-refractivity contribution in [3.63, 3.8) is 0 Å². The van der Waals surface area contributed by atoms with Crippen molar-refractivity contribution < 1.29 is 14.3 Å². The number of nitrogens with two attached hydrogens (primary N) is 1. The first-order valence-electron chi connectivity index (χ1n) is 5.85. The molecular weight excluding hydrogens is 235 g/mol. The molecule has 0 aliphatic carbocycles. The molecule has 4 nitrogen and oxygen atoms in total. The summed E-state index contributed by atoms with van der Waals surface area (Å²) in [5.74, 6) is -0.887. The van der Waals surface area contributed by atoms with Gasteiger partial charge in [0, 0.05) is 17.3 Å². The van der Waals surface area contributed by atoms with Gasteiger partial charge in [-0.1, -0.05) is 0 Å². The fourth-order valence-electron chi connectivity index (χ4n) is 1.84. The van der Waals surface area contributed by atoms with Crippen LogP contribution in [0.25, 0.3) is 0 Å². The fraction of sp³-hybridized carbons (Fsp3) is 0.462. The highest BCUT2D eigenvalue weighted by molar-refractivity contribution is 5.80. The second-order valence-electron chi connectivity index (χ2n) is 4.57. The number of aliphatic hydroxyl groups excluding tert-OH is 1. The third-order valence-corrected chi connectivity index (χ3v) is 2.70. The maximum atomic E-state index is 13.2. The molecule has 0 fully saturated rings. The molecule has 1 aromatic rings. The number of halogens is 1. The number of benzene rings is 1. The maximum Gasteiger partial charge on any atom is 0.236 e. The van der Waals surface area contributed by atoms with Gasteiger partial charge in [-0.15, -0.1) is 0 Å². The summed E-state index contributed by atoms with van der Waals surface area (Å²) in [5.41, 5.74) is 6.28. The van der Waals surface area contributed by atoms with Crippen molar-refractivity contribution >= 4 is 11.6 Å². The van der Waals surface area contributed by atoms with Crippen LogP contribution in [0.4, 0.5) is 10.1 Å². The molecule has 0 saturated carbocycles. The van der Waals surface area contributed by atoms with Crippen LogP contribution in [0.2, 0.25) is 0 Å². The highest BCUT2D eigenvalue weighted by Crippen LogP contribution is 2.28. The van der Waals surface area contributed by atoms with Crippen LogP contribution in [0, 0.1) is 5.82 Å². The van der Waals surface area contributed by atoms with Gasteiger partial charge in [0.25, 0.3) is 0 Å². The van der Waals surface area contributed by atoms with E-state index >= 15 is 0 Å². The van der Waals surface area contributed by atoms with E-state index in [0.717, 1.165) is 0 Å². The Balaban J connectivity index is 3.22. The molecule has 0 spiro atoms. The third kappa shape index (κ3) is 3.43. The van der Waals surface area contributed by atoms with Crippen LogP contribution >= 0.6 is 0 Å². The summed E-state index contributed by atoms with van der Waals surface area (Å²) in [4.78, 5) is 12.8. The molecule has 0 aliphatic heterocycles. The number of carbonyl (C=O) groups is 1. The SMILES string of the molecule is CC(C)N(CC(N)=O)c1ccc(F)cc1[C@@H](C)O. The lowest BCUT2D eigenvalue weighted by Gasteiger charge is -2.30. The number of rotatable bonds is 5. The minimum absolute atomic E-state index is 0.0143. The van der Waals surface area contributed by atoms with E-state index in [-0.39, 0.29) is 12.6 Å². The van der Waals surface area contributed by atoms with Gasteiger partial charge < -0.3 is 15.7 Å². The van der Waals surface area contributed by atoms with Gasteiger partial charge in [-0.3, -0.25) is 4.79 Å². The first-order valence-corrected chi connectivity index (χ1v) is 5.85. The van der Waals surface area contributed by atoms with E-state index in [1.807, 2.05) is 13.8 Å². The zero-order valence-corrected chi connectivity index (χ0v) is 10.9. The number of hydrogen-bond donors (Lipinski definition) is 2. The molecule has 5 heteroatoms. The topological polar surface area (TPSA) is 66.6 Å². The van der Waals surface area contributed by atoms with E-state index in [2.05, 4.69) is 0 Å². The smallest absolute Gasteiger partial charge is 0.236 e. The minimum Gasteiger partial charge on any atom is -0.389 e. The Morgan fingerprint density at radius 3 is 2.50 bits per heavy atom. The number of carbonyl (C=O) groups excluding carboxylic acids is 1. The van der Waals surface area contributed by atoms with Gasteiger partial charge in [-0.25, -0.2) is 4.39 Å². The largest absolute Gasteiger partial charge is 0.389 e. The van der Waals surface area contributed by atoms with Gasteiger partial charge in [0.15, 0.2) is 0 Å². The van der Waals surface area contributed by atoms with Crippen LogP contribution in [0.5, 0.6) is 0 Å². The highest BCUT2D eigenvalue weighted by Gasteiger charge is 2.19. The molecule has 3 N–H and O–H groups in total.